The number of aromatic carboxylic acids is 1. The molecule has 0 unspecified atom stereocenters. The molecule has 2 amide bonds. The van der Waals surface area contributed by atoms with Crippen LogP contribution >= 0.6 is 22.6 Å². The largest absolute Gasteiger partial charge is 0.478 e. The van der Waals surface area contributed by atoms with Crippen LogP contribution in [0.3, 0.4) is 0 Å². The number of carbonyl (C=O) groups excluding carboxylic acids is 1. The zero-order valence-corrected chi connectivity index (χ0v) is 12.7. The number of carboxylic acid groups (broad SMARTS) is 1. The van der Waals surface area contributed by atoms with Gasteiger partial charge in [-0.25, -0.2) is 9.59 Å². The monoisotopic (exact) mass is 374 g/mol. The Morgan fingerprint density at radius 2 is 2.05 bits per heavy atom. The zero-order chi connectivity index (χ0) is 14.0. The molecule has 102 valence electrons. The number of urea groups is 1. The molecule has 0 bridgehead atoms. The van der Waals surface area contributed by atoms with Crippen molar-refractivity contribution in [2.75, 3.05) is 5.32 Å². The fraction of sp³-hybridized carbons (Fsp3) is 0.385. The molecule has 1 aliphatic carbocycles. The number of nitrogens with one attached hydrogen (secondary N) is 2. The van der Waals surface area contributed by atoms with Crippen molar-refractivity contribution >= 4 is 40.3 Å². The maximum Gasteiger partial charge on any atom is 0.335 e. The lowest BCUT2D eigenvalue weighted by molar-refractivity contribution is 0.0697. The maximum atomic E-state index is 11.9. The molecule has 0 heterocycles. The molecule has 1 aromatic rings. The van der Waals surface area contributed by atoms with Crippen LogP contribution in [0.5, 0.6) is 0 Å². The fourth-order valence-corrected chi connectivity index (χ4v) is 2.48. The van der Waals surface area contributed by atoms with Crippen LogP contribution in [0.2, 0.25) is 0 Å². The highest BCUT2D eigenvalue weighted by Gasteiger charge is 2.33. The number of amides is 2. The topological polar surface area (TPSA) is 78.4 Å². The van der Waals surface area contributed by atoms with E-state index < -0.39 is 5.97 Å². The molecule has 5 nitrogen and oxygen atoms in total. The van der Waals surface area contributed by atoms with Crippen LogP contribution in [-0.2, 0) is 0 Å². The van der Waals surface area contributed by atoms with Gasteiger partial charge < -0.3 is 15.7 Å². The van der Waals surface area contributed by atoms with E-state index in [-0.39, 0.29) is 17.1 Å². The van der Waals surface area contributed by atoms with E-state index in [1.54, 1.807) is 6.07 Å². The summed E-state index contributed by atoms with van der Waals surface area (Å²) in [5.74, 6) is -1.01. The van der Waals surface area contributed by atoms with Crippen molar-refractivity contribution in [1.82, 2.24) is 5.32 Å². The lowest BCUT2D eigenvalue weighted by Crippen LogP contribution is -2.52. The average Bonchev–Trinajstić information content (AvgIpc) is 2.29. The van der Waals surface area contributed by atoms with Gasteiger partial charge in [0.05, 0.1) is 11.3 Å². The van der Waals surface area contributed by atoms with Crippen molar-refractivity contribution in [3.05, 3.63) is 27.3 Å². The molecule has 3 N–H and O–H groups in total. The van der Waals surface area contributed by atoms with Gasteiger partial charge in [-0.1, -0.05) is 0 Å². The Kier molecular flexibility index (Phi) is 3.98. The van der Waals surface area contributed by atoms with Crippen molar-refractivity contribution in [3.8, 4) is 0 Å². The van der Waals surface area contributed by atoms with Crippen LogP contribution < -0.4 is 10.6 Å². The molecular formula is C13H15IN2O3. The smallest absolute Gasteiger partial charge is 0.335 e. The minimum Gasteiger partial charge on any atom is -0.478 e. The van der Waals surface area contributed by atoms with Gasteiger partial charge in [0, 0.05) is 9.11 Å². The Balaban J connectivity index is 2.07. The Morgan fingerprint density at radius 1 is 1.37 bits per heavy atom. The van der Waals surface area contributed by atoms with Gasteiger partial charge >= 0.3 is 12.0 Å². The first-order valence-corrected chi connectivity index (χ1v) is 7.09. The number of carbonyl (C=O) groups is 2. The lowest BCUT2D eigenvalue weighted by Gasteiger charge is -2.39. The van der Waals surface area contributed by atoms with Gasteiger partial charge in [0.2, 0.25) is 0 Å². The number of carboxylic acids is 1. The number of rotatable bonds is 3. The predicted molar refractivity (Wildman–Crippen MR) is 80.5 cm³/mol. The van der Waals surface area contributed by atoms with Crippen molar-refractivity contribution in [3.63, 3.8) is 0 Å². The molecular weight excluding hydrogens is 359 g/mol. The van der Waals surface area contributed by atoms with Crippen molar-refractivity contribution < 1.29 is 14.7 Å². The first-order valence-electron chi connectivity index (χ1n) is 6.02. The molecule has 1 fully saturated rings. The average molecular weight is 374 g/mol. The van der Waals surface area contributed by atoms with E-state index in [2.05, 4.69) is 33.2 Å². The van der Waals surface area contributed by atoms with Crippen LogP contribution in [0, 0.1) is 3.57 Å². The third-order valence-corrected chi connectivity index (χ3v) is 4.27. The molecule has 1 aliphatic rings. The molecule has 2 rings (SSSR count). The molecule has 0 aromatic heterocycles. The normalized spacial score (nSPS) is 16.3. The third kappa shape index (κ3) is 3.37. The molecule has 19 heavy (non-hydrogen) atoms. The highest BCUT2D eigenvalue weighted by molar-refractivity contribution is 14.1. The number of hydrogen-bond acceptors (Lipinski definition) is 2. The standard InChI is InChI=1S/C13H15IN2O3/c1-13(5-2-6-13)16-12(19)15-10-7-8(11(17)18)3-4-9(10)14/h3-4,7H,2,5-6H2,1H3,(H,17,18)(H2,15,16,19). The van der Waals surface area contributed by atoms with Crippen LogP contribution in [-0.4, -0.2) is 22.6 Å². The Labute approximate surface area is 124 Å². The van der Waals surface area contributed by atoms with Gasteiger partial charge in [0.1, 0.15) is 0 Å². The predicted octanol–water partition coefficient (Wildman–Crippen LogP) is 3.05. The van der Waals surface area contributed by atoms with Gasteiger partial charge in [-0.3, -0.25) is 0 Å². The molecule has 6 heteroatoms. The second-order valence-electron chi connectivity index (χ2n) is 4.99. The molecule has 0 radical (unpaired) electrons. The minimum absolute atomic E-state index is 0.125. The number of benzene rings is 1. The number of anilines is 1. The van der Waals surface area contributed by atoms with Gasteiger partial charge in [0.25, 0.3) is 0 Å². The summed E-state index contributed by atoms with van der Waals surface area (Å²) in [5, 5.41) is 14.6. The molecule has 0 saturated heterocycles. The van der Waals surface area contributed by atoms with E-state index in [9.17, 15) is 9.59 Å². The highest BCUT2D eigenvalue weighted by atomic mass is 127. The summed E-state index contributed by atoms with van der Waals surface area (Å²) in [5.41, 5.74) is 0.548. The van der Waals surface area contributed by atoms with Crippen LogP contribution in [0.15, 0.2) is 18.2 Å². The van der Waals surface area contributed by atoms with Crippen molar-refractivity contribution in [2.45, 2.75) is 31.7 Å². The third-order valence-electron chi connectivity index (χ3n) is 3.33. The van der Waals surface area contributed by atoms with Gasteiger partial charge in [-0.2, -0.15) is 0 Å². The van der Waals surface area contributed by atoms with Crippen LogP contribution in [0.1, 0.15) is 36.5 Å². The second kappa shape index (κ2) is 5.36. The summed E-state index contributed by atoms with van der Waals surface area (Å²) in [6.45, 7) is 2.01. The van der Waals surface area contributed by atoms with E-state index in [1.165, 1.54) is 12.1 Å². The molecule has 1 aromatic carbocycles. The SMILES string of the molecule is CC1(NC(=O)Nc2cc(C(=O)O)ccc2I)CCC1. The number of hydrogen-bond donors (Lipinski definition) is 3. The van der Waals surface area contributed by atoms with E-state index in [0.717, 1.165) is 22.8 Å². The van der Waals surface area contributed by atoms with Crippen LogP contribution in [0.25, 0.3) is 0 Å². The van der Waals surface area contributed by atoms with Gasteiger partial charge in [-0.05, 0) is 67.0 Å². The first kappa shape index (κ1) is 14.1. The molecule has 1 saturated carbocycles. The fourth-order valence-electron chi connectivity index (χ4n) is 2.01. The van der Waals surface area contributed by atoms with E-state index >= 15 is 0 Å². The summed E-state index contributed by atoms with van der Waals surface area (Å²) >= 11 is 2.06. The second-order valence-corrected chi connectivity index (χ2v) is 6.16. The van der Waals surface area contributed by atoms with E-state index in [1.807, 2.05) is 6.92 Å². The summed E-state index contributed by atoms with van der Waals surface area (Å²) in [6, 6.07) is 4.36. The van der Waals surface area contributed by atoms with Gasteiger partial charge in [-0.15, -0.1) is 0 Å². The Hall–Kier alpha value is -1.31. The Bertz CT molecular complexity index is 527. The first-order chi connectivity index (χ1) is 8.89. The van der Waals surface area contributed by atoms with E-state index in [4.69, 9.17) is 5.11 Å². The zero-order valence-electron chi connectivity index (χ0n) is 10.5. The summed E-state index contributed by atoms with van der Waals surface area (Å²) in [4.78, 5) is 22.8. The molecule has 0 atom stereocenters. The minimum atomic E-state index is -1.01. The maximum absolute atomic E-state index is 11.9. The van der Waals surface area contributed by atoms with Gasteiger partial charge in [0.15, 0.2) is 0 Å². The molecule has 0 spiro atoms. The quantitative estimate of drug-likeness (QED) is 0.712. The summed E-state index contributed by atoms with van der Waals surface area (Å²) < 4.78 is 0.802. The molecule has 0 aliphatic heterocycles. The van der Waals surface area contributed by atoms with Crippen molar-refractivity contribution in [1.29, 1.82) is 0 Å². The van der Waals surface area contributed by atoms with Crippen LogP contribution in [0.4, 0.5) is 10.5 Å². The lowest BCUT2D eigenvalue weighted by atomic mass is 9.79. The summed E-state index contributed by atoms with van der Waals surface area (Å²) in [7, 11) is 0. The van der Waals surface area contributed by atoms with E-state index in [0.29, 0.717) is 5.69 Å². The Morgan fingerprint density at radius 3 is 2.58 bits per heavy atom. The summed E-state index contributed by atoms with van der Waals surface area (Å²) in [6.07, 6.45) is 3.09. The highest BCUT2D eigenvalue weighted by Crippen LogP contribution is 2.31. The van der Waals surface area contributed by atoms with Crippen molar-refractivity contribution in [2.24, 2.45) is 0 Å². The number of halogens is 1.